The predicted molar refractivity (Wildman–Crippen MR) is 64.6 cm³/mol. The van der Waals surface area contributed by atoms with E-state index in [9.17, 15) is 4.79 Å². The van der Waals surface area contributed by atoms with Crippen molar-refractivity contribution in [3.8, 4) is 0 Å². The highest BCUT2D eigenvalue weighted by molar-refractivity contribution is 5.84. The van der Waals surface area contributed by atoms with E-state index >= 15 is 0 Å². The monoisotopic (exact) mass is 238 g/mol. The zero-order valence-corrected chi connectivity index (χ0v) is 10.5. The van der Waals surface area contributed by atoms with Crippen molar-refractivity contribution in [1.29, 1.82) is 0 Å². The van der Waals surface area contributed by atoms with Gasteiger partial charge in [0.05, 0.1) is 12.0 Å². The minimum atomic E-state index is -0.281. The Bertz CT molecular complexity index is 315. The number of hydrogen-bond donors (Lipinski definition) is 2. The first-order valence-electron chi connectivity index (χ1n) is 6.80. The van der Waals surface area contributed by atoms with E-state index in [-0.39, 0.29) is 11.3 Å². The van der Waals surface area contributed by atoms with Crippen LogP contribution in [-0.4, -0.2) is 38.3 Å². The Labute approximate surface area is 102 Å². The number of amides is 1. The van der Waals surface area contributed by atoms with E-state index in [0.717, 1.165) is 44.9 Å². The first-order valence-corrected chi connectivity index (χ1v) is 6.80. The van der Waals surface area contributed by atoms with E-state index in [1.807, 2.05) is 0 Å². The Morgan fingerprint density at radius 3 is 3.06 bits per heavy atom. The van der Waals surface area contributed by atoms with Gasteiger partial charge in [0.25, 0.3) is 0 Å². The lowest BCUT2D eigenvalue weighted by molar-refractivity contribution is -0.142. The summed E-state index contributed by atoms with van der Waals surface area (Å²) >= 11 is 0. The number of hydrogen-bond acceptors (Lipinski definition) is 3. The zero-order chi connectivity index (χ0) is 11.9. The van der Waals surface area contributed by atoms with Crippen molar-refractivity contribution in [3.05, 3.63) is 0 Å². The fourth-order valence-electron chi connectivity index (χ4n) is 3.52. The molecule has 0 aromatic carbocycles. The first-order chi connectivity index (χ1) is 8.21. The average Bonchev–Trinajstić information content (AvgIpc) is 2.71. The minimum Gasteiger partial charge on any atom is -0.380 e. The number of carbonyl (C=O) groups excluding carboxylic acids is 1. The molecule has 2 heterocycles. The fraction of sp³-hybridized carbons (Fsp3) is 0.923. The molecule has 2 atom stereocenters. The summed E-state index contributed by atoms with van der Waals surface area (Å²) in [5.74, 6) is 1.47. The molecular weight excluding hydrogens is 216 g/mol. The van der Waals surface area contributed by atoms with Gasteiger partial charge in [-0.25, -0.2) is 0 Å². The Kier molecular flexibility index (Phi) is 2.87. The van der Waals surface area contributed by atoms with Crippen LogP contribution in [0.4, 0.5) is 0 Å². The molecule has 0 bridgehead atoms. The zero-order valence-electron chi connectivity index (χ0n) is 10.5. The van der Waals surface area contributed by atoms with Gasteiger partial charge in [-0.2, -0.15) is 0 Å². The number of fused-ring (bicyclic) bond motifs is 1. The maximum atomic E-state index is 12.5. The molecule has 2 aliphatic heterocycles. The highest BCUT2D eigenvalue weighted by Crippen LogP contribution is 2.38. The summed E-state index contributed by atoms with van der Waals surface area (Å²) in [4.78, 5) is 12.5. The molecule has 3 fully saturated rings. The van der Waals surface area contributed by atoms with Crippen molar-refractivity contribution in [2.24, 2.45) is 17.3 Å². The van der Waals surface area contributed by atoms with Gasteiger partial charge in [0.15, 0.2) is 0 Å². The van der Waals surface area contributed by atoms with E-state index in [1.165, 1.54) is 0 Å². The second kappa shape index (κ2) is 4.25. The van der Waals surface area contributed by atoms with Gasteiger partial charge in [0.2, 0.25) is 5.91 Å². The SMILES string of the molecule is CC1CC(NC(=O)[C@]23CNC[C@H]2CCOC3)C1. The van der Waals surface area contributed by atoms with Gasteiger partial charge in [0.1, 0.15) is 0 Å². The van der Waals surface area contributed by atoms with E-state index in [4.69, 9.17) is 4.74 Å². The van der Waals surface area contributed by atoms with E-state index in [0.29, 0.717) is 18.6 Å². The second-order valence-electron chi connectivity index (χ2n) is 6.07. The van der Waals surface area contributed by atoms with Crippen molar-refractivity contribution in [3.63, 3.8) is 0 Å². The van der Waals surface area contributed by atoms with Crippen molar-refractivity contribution in [2.75, 3.05) is 26.3 Å². The quantitative estimate of drug-likeness (QED) is 0.738. The molecule has 1 amide bonds. The molecule has 3 aliphatic rings. The molecule has 0 radical (unpaired) electrons. The Morgan fingerprint density at radius 2 is 2.29 bits per heavy atom. The molecule has 17 heavy (non-hydrogen) atoms. The van der Waals surface area contributed by atoms with Gasteiger partial charge in [-0.15, -0.1) is 0 Å². The molecule has 2 N–H and O–H groups in total. The molecule has 1 saturated carbocycles. The van der Waals surface area contributed by atoms with Crippen LogP contribution >= 0.6 is 0 Å². The van der Waals surface area contributed by atoms with Gasteiger partial charge >= 0.3 is 0 Å². The highest BCUT2D eigenvalue weighted by Gasteiger charge is 2.51. The summed E-state index contributed by atoms with van der Waals surface area (Å²) in [5, 5.41) is 6.58. The standard InChI is InChI=1S/C13H22N2O2/c1-9-4-11(5-9)15-12(16)13-7-14-6-10(13)2-3-17-8-13/h9-11,14H,2-8H2,1H3,(H,15,16)/t9?,10-,11?,13+/m1/s1. The third-order valence-electron chi connectivity index (χ3n) is 4.74. The van der Waals surface area contributed by atoms with Gasteiger partial charge in [-0.1, -0.05) is 6.92 Å². The third-order valence-corrected chi connectivity index (χ3v) is 4.74. The molecule has 4 nitrogen and oxygen atoms in total. The maximum absolute atomic E-state index is 12.5. The van der Waals surface area contributed by atoms with E-state index in [2.05, 4.69) is 17.6 Å². The van der Waals surface area contributed by atoms with E-state index in [1.54, 1.807) is 0 Å². The largest absolute Gasteiger partial charge is 0.380 e. The Balaban J connectivity index is 1.66. The summed E-state index contributed by atoms with van der Waals surface area (Å²) in [6, 6.07) is 0.412. The molecule has 0 spiro atoms. The van der Waals surface area contributed by atoms with Gasteiger partial charge in [0, 0.05) is 19.2 Å². The second-order valence-corrected chi connectivity index (χ2v) is 6.07. The van der Waals surface area contributed by atoms with Gasteiger partial charge in [-0.3, -0.25) is 4.79 Å². The van der Waals surface area contributed by atoms with Crippen LogP contribution in [0.1, 0.15) is 26.2 Å². The number of carbonyl (C=O) groups is 1. The summed E-state index contributed by atoms with van der Waals surface area (Å²) in [7, 11) is 0. The van der Waals surface area contributed by atoms with E-state index < -0.39 is 0 Å². The normalized spacial score (nSPS) is 44.9. The van der Waals surface area contributed by atoms with Crippen molar-refractivity contribution < 1.29 is 9.53 Å². The minimum absolute atomic E-state index is 0.226. The van der Waals surface area contributed by atoms with Crippen LogP contribution in [0.5, 0.6) is 0 Å². The van der Waals surface area contributed by atoms with Crippen molar-refractivity contribution >= 4 is 5.91 Å². The molecule has 0 aromatic rings. The molecule has 3 rings (SSSR count). The van der Waals surface area contributed by atoms with Crippen LogP contribution in [0.3, 0.4) is 0 Å². The number of rotatable bonds is 2. The summed E-state index contributed by atoms with van der Waals surface area (Å²) in [6.45, 7) is 5.40. The third kappa shape index (κ3) is 1.87. The van der Waals surface area contributed by atoms with Gasteiger partial charge < -0.3 is 15.4 Å². The molecule has 4 heteroatoms. The molecule has 2 saturated heterocycles. The lowest BCUT2D eigenvalue weighted by atomic mass is 9.73. The number of nitrogens with one attached hydrogen (secondary N) is 2. The van der Waals surface area contributed by atoms with Gasteiger partial charge in [-0.05, 0) is 37.6 Å². The molecule has 96 valence electrons. The summed E-state index contributed by atoms with van der Waals surface area (Å²) in [5.41, 5.74) is -0.281. The van der Waals surface area contributed by atoms with Crippen LogP contribution in [0.2, 0.25) is 0 Å². The smallest absolute Gasteiger partial charge is 0.230 e. The highest BCUT2D eigenvalue weighted by atomic mass is 16.5. The van der Waals surface area contributed by atoms with Crippen LogP contribution in [0.15, 0.2) is 0 Å². The molecular formula is C13H22N2O2. The lowest BCUT2D eigenvalue weighted by Gasteiger charge is -2.40. The number of ether oxygens (including phenoxy) is 1. The molecule has 1 aliphatic carbocycles. The lowest BCUT2D eigenvalue weighted by Crippen LogP contribution is -2.56. The Morgan fingerprint density at radius 1 is 1.47 bits per heavy atom. The fourth-order valence-corrected chi connectivity index (χ4v) is 3.52. The molecule has 0 unspecified atom stereocenters. The van der Waals surface area contributed by atoms with Crippen LogP contribution < -0.4 is 10.6 Å². The Hall–Kier alpha value is -0.610. The first kappa shape index (κ1) is 11.5. The van der Waals surface area contributed by atoms with Crippen molar-refractivity contribution in [1.82, 2.24) is 10.6 Å². The van der Waals surface area contributed by atoms with Crippen LogP contribution in [0.25, 0.3) is 0 Å². The topological polar surface area (TPSA) is 50.4 Å². The molecule has 0 aromatic heterocycles. The van der Waals surface area contributed by atoms with Crippen molar-refractivity contribution in [2.45, 2.75) is 32.2 Å². The van der Waals surface area contributed by atoms with Crippen LogP contribution in [0, 0.1) is 17.3 Å². The maximum Gasteiger partial charge on any atom is 0.230 e. The predicted octanol–water partition coefficient (Wildman–Crippen LogP) is 0.527. The summed E-state index contributed by atoms with van der Waals surface area (Å²) in [6.07, 6.45) is 3.29. The average molecular weight is 238 g/mol. The van der Waals surface area contributed by atoms with Crippen LogP contribution in [-0.2, 0) is 9.53 Å². The summed E-state index contributed by atoms with van der Waals surface area (Å²) < 4.78 is 5.56.